The minimum atomic E-state index is -0.254. The molecule has 0 atom stereocenters. The van der Waals surface area contributed by atoms with Gasteiger partial charge in [0.25, 0.3) is 5.91 Å². The number of nitrogens with one attached hydrogen (secondary N) is 3. The van der Waals surface area contributed by atoms with Gasteiger partial charge in [-0.2, -0.15) is 4.98 Å². The van der Waals surface area contributed by atoms with Crippen LogP contribution in [0.3, 0.4) is 0 Å². The fourth-order valence-electron chi connectivity index (χ4n) is 2.67. The Labute approximate surface area is 180 Å². The van der Waals surface area contributed by atoms with Gasteiger partial charge in [-0.25, -0.2) is 4.79 Å². The van der Waals surface area contributed by atoms with Crippen LogP contribution in [0.2, 0.25) is 0 Å². The number of aryl methyl sites for hydroxylation is 1. The highest BCUT2D eigenvalue weighted by molar-refractivity contribution is 5.94. The Balaban J connectivity index is 1.46. The lowest BCUT2D eigenvalue weighted by molar-refractivity contribution is 0.0951. The van der Waals surface area contributed by atoms with Crippen LogP contribution in [0.15, 0.2) is 53.1 Å². The first-order chi connectivity index (χ1) is 14.9. The van der Waals surface area contributed by atoms with E-state index in [1.54, 1.807) is 43.3 Å². The largest absolute Gasteiger partial charge is 0.485 e. The minimum absolute atomic E-state index is 0.0600. The fourth-order valence-corrected chi connectivity index (χ4v) is 2.67. The van der Waals surface area contributed by atoms with E-state index in [9.17, 15) is 9.59 Å². The van der Waals surface area contributed by atoms with E-state index >= 15 is 0 Å². The standard InChI is InChI=1S/C22H25N5O4/c1-14(2)24-22(29)26-18-8-4-16(5-9-18)12-23-21(28)17-6-10-19(11-7-17)30-13-20-25-15(3)31-27-20/h4-11,14H,12-13H2,1-3H3,(H,23,28)(H2,24,26,29). The summed E-state index contributed by atoms with van der Waals surface area (Å²) in [6, 6.07) is 13.9. The van der Waals surface area contributed by atoms with Crippen LogP contribution in [0.25, 0.3) is 0 Å². The second-order valence-corrected chi connectivity index (χ2v) is 7.18. The van der Waals surface area contributed by atoms with Crippen LogP contribution in [0, 0.1) is 6.92 Å². The van der Waals surface area contributed by atoms with Crippen LogP contribution in [0.1, 0.15) is 41.5 Å². The van der Waals surface area contributed by atoms with E-state index in [4.69, 9.17) is 9.26 Å². The second-order valence-electron chi connectivity index (χ2n) is 7.18. The zero-order chi connectivity index (χ0) is 22.2. The smallest absolute Gasteiger partial charge is 0.319 e. The third kappa shape index (κ3) is 6.84. The van der Waals surface area contributed by atoms with Gasteiger partial charge in [-0.15, -0.1) is 0 Å². The van der Waals surface area contributed by atoms with Gasteiger partial charge in [-0.1, -0.05) is 17.3 Å². The number of aromatic nitrogens is 2. The molecule has 3 N–H and O–H groups in total. The highest BCUT2D eigenvalue weighted by Gasteiger charge is 2.08. The lowest BCUT2D eigenvalue weighted by atomic mass is 10.1. The molecule has 9 heteroatoms. The number of amides is 3. The molecule has 31 heavy (non-hydrogen) atoms. The lowest BCUT2D eigenvalue weighted by Gasteiger charge is -2.11. The van der Waals surface area contributed by atoms with Gasteiger partial charge < -0.3 is 25.2 Å². The summed E-state index contributed by atoms with van der Waals surface area (Å²) >= 11 is 0. The predicted octanol–water partition coefficient (Wildman–Crippen LogP) is 3.42. The molecule has 3 rings (SSSR count). The van der Waals surface area contributed by atoms with Crippen LogP contribution < -0.4 is 20.7 Å². The molecule has 0 aliphatic heterocycles. The van der Waals surface area contributed by atoms with Crippen molar-refractivity contribution in [3.8, 4) is 5.75 Å². The average molecular weight is 423 g/mol. The van der Waals surface area contributed by atoms with E-state index in [1.165, 1.54) is 0 Å². The summed E-state index contributed by atoms with van der Waals surface area (Å²) in [6.07, 6.45) is 0. The fraction of sp³-hybridized carbons (Fsp3) is 0.273. The van der Waals surface area contributed by atoms with Crippen molar-refractivity contribution >= 4 is 17.6 Å². The van der Waals surface area contributed by atoms with Gasteiger partial charge in [0, 0.05) is 30.8 Å². The second kappa shape index (κ2) is 10.2. The molecule has 0 fully saturated rings. The zero-order valence-electron chi connectivity index (χ0n) is 17.6. The first-order valence-corrected chi connectivity index (χ1v) is 9.86. The van der Waals surface area contributed by atoms with Crippen LogP contribution >= 0.6 is 0 Å². The molecule has 1 aromatic heterocycles. The number of hydrogen-bond donors (Lipinski definition) is 3. The molecule has 2 aromatic carbocycles. The summed E-state index contributed by atoms with van der Waals surface area (Å²) in [5.41, 5.74) is 2.12. The van der Waals surface area contributed by atoms with Crippen LogP contribution in [0.5, 0.6) is 5.75 Å². The molecular formula is C22H25N5O4. The molecule has 162 valence electrons. The van der Waals surface area contributed by atoms with Crippen molar-refractivity contribution in [2.45, 2.75) is 40.0 Å². The molecule has 0 saturated carbocycles. The van der Waals surface area contributed by atoms with E-state index in [-0.39, 0.29) is 24.6 Å². The molecule has 0 aliphatic rings. The Morgan fingerprint density at radius 3 is 2.39 bits per heavy atom. The number of rotatable bonds is 8. The van der Waals surface area contributed by atoms with Gasteiger partial charge in [-0.3, -0.25) is 4.79 Å². The van der Waals surface area contributed by atoms with Gasteiger partial charge in [-0.05, 0) is 55.8 Å². The maximum absolute atomic E-state index is 12.4. The summed E-state index contributed by atoms with van der Waals surface area (Å²) in [6.45, 7) is 6.05. The Bertz CT molecular complexity index is 1010. The van der Waals surface area contributed by atoms with Crippen LogP contribution in [-0.2, 0) is 13.2 Å². The molecule has 0 bridgehead atoms. The van der Waals surface area contributed by atoms with Gasteiger partial charge in [0.15, 0.2) is 6.61 Å². The predicted molar refractivity (Wildman–Crippen MR) is 115 cm³/mol. The number of ether oxygens (including phenoxy) is 1. The number of anilines is 1. The van der Waals surface area contributed by atoms with E-state index < -0.39 is 0 Å². The maximum Gasteiger partial charge on any atom is 0.319 e. The molecule has 1 heterocycles. The topological polar surface area (TPSA) is 118 Å². The Kier molecular flexibility index (Phi) is 7.21. The Morgan fingerprint density at radius 2 is 1.77 bits per heavy atom. The molecule has 0 spiro atoms. The van der Waals surface area contributed by atoms with Crippen molar-refractivity contribution in [3.05, 3.63) is 71.4 Å². The minimum Gasteiger partial charge on any atom is -0.485 e. The zero-order valence-corrected chi connectivity index (χ0v) is 17.6. The molecule has 0 aliphatic carbocycles. The van der Waals surface area contributed by atoms with Gasteiger partial charge in [0.1, 0.15) is 5.75 Å². The summed E-state index contributed by atoms with van der Waals surface area (Å²) in [7, 11) is 0. The van der Waals surface area contributed by atoms with E-state index in [0.717, 1.165) is 5.56 Å². The molecule has 3 amide bonds. The highest BCUT2D eigenvalue weighted by atomic mass is 16.5. The molecular weight excluding hydrogens is 398 g/mol. The lowest BCUT2D eigenvalue weighted by Crippen LogP contribution is -2.34. The number of hydrogen-bond acceptors (Lipinski definition) is 6. The van der Waals surface area contributed by atoms with Gasteiger partial charge >= 0.3 is 6.03 Å². The summed E-state index contributed by atoms with van der Waals surface area (Å²) in [5.74, 6) is 1.34. The number of urea groups is 1. The first kappa shape index (κ1) is 21.8. The van der Waals surface area contributed by atoms with E-state index in [2.05, 4.69) is 26.1 Å². The van der Waals surface area contributed by atoms with Gasteiger partial charge in [0.2, 0.25) is 11.7 Å². The SMILES string of the molecule is Cc1nc(COc2ccc(C(=O)NCc3ccc(NC(=O)NC(C)C)cc3)cc2)no1. The average Bonchev–Trinajstić information content (AvgIpc) is 3.16. The number of carbonyl (C=O) groups excluding carboxylic acids is 2. The number of nitrogens with zero attached hydrogens (tertiary/aromatic N) is 2. The molecule has 3 aromatic rings. The molecule has 0 saturated heterocycles. The molecule has 0 radical (unpaired) electrons. The Morgan fingerprint density at radius 1 is 1.06 bits per heavy atom. The van der Waals surface area contributed by atoms with Crippen molar-refractivity contribution in [2.24, 2.45) is 0 Å². The van der Waals surface area contributed by atoms with E-state index in [0.29, 0.717) is 35.3 Å². The Hall–Kier alpha value is -3.88. The van der Waals surface area contributed by atoms with Crippen molar-refractivity contribution in [3.63, 3.8) is 0 Å². The molecule has 9 nitrogen and oxygen atoms in total. The van der Waals surface area contributed by atoms with Crippen molar-refractivity contribution in [1.29, 1.82) is 0 Å². The third-order valence-electron chi connectivity index (χ3n) is 4.14. The number of carbonyl (C=O) groups is 2. The third-order valence-corrected chi connectivity index (χ3v) is 4.14. The monoisotopic (exact) mass is 423 g/mol. The van der Waals surface area contributed by atoms with Crippen molar-refractivity contribution in [2.75, 3.05) is 5.32 Å². The maximum atomic E-state index is 12.4. The van der Waals surface area contributed by atoms with Gasteiger partial charge in [0.05, 0.1) is 0 Å². The molecule has 0 unspecified atom stereocenters. The summed E-state index contributed by atoms with van der Waals surface area (Å²) < 4.78 is 10.5. The number of benzene rings is 2. The van der Waals surface area contributed by atoms with E-state index in [1.807, 2.05) is 26.0 Å². The van der Waals surface area contributed by atoms with Crippen LogP contribution in [-0.4, -0.2) is 28.1 Å². The normalized spacial score (nSPS) is 10.6. The quantitative estimate of drug-likeness (QED) is 0.511. The highest BCUT2D eigenvalue weighted by Crippen LogP contribution is 2.14. The van der Waals surface area contributed by atoms with Crippen LogP contribution in [0.4, 0.5) is 10.5 Å². The van der Waals surface area contributed by atoms with Crippen molar-refractivity contribution in [1.82, 2.24) is 20.8 Å². The van der Waals surface area contributed by atoms with Crippen molar-refractivity contribution < 1.29 is 18.8 Å². The summed E-state index contributed by atoms with van der Waals surface area (Å²) in [4.78, 5) is 28.2. The summed E-state index contributed by atoms with van der Waals surface area (Å²) in [5, 5.41) is 12.1. The first-order valence-electron chi connectivity index (χ1n) is 9.86.